The molecule has 2 heterocycles. The predicted molar refractivity (Wildman–Crippen MR) is 146 cm³/mol. The van der Waals surface area contributed by atoms with E-state index in [1.165, 1.54) is 14.3 Å². The van der Waals surface area contributed by atoms with E-state index in [9.17, 15) is 14.7 Å². The molecule has 3 aromatic rings. The van der Waals surface area contributed by atoms with Gasteiger partial charge in [0.15, 0.2) is 0 Å². The van der Waals surface area contributed by atoms with Crippen molar-refractivity contribution in [3.8, 4) is 11.4 Å². The topological polar surface area (TPSA) is 115 Å². The summed E-state index contributed by atoms with van der Waals surface area (Å²) in [6, 6.07) is 17.0. The number of benzene rings is 2. The molecule has 0 saturated carbocycles. The molecule has 1 N–H and O–H groups in total. The van der Waals surface area contributed by atoms with Crippen LogP contribution in [0.2, 0.25) is 0 Å². The van der Waals surface area contributed by atoms with Crippen LogP contribution < -0.4 is 10.4 Å². The summed E-state index contributed by atoms with van der Waals surface area (Å²) in [6.07, 6.45) is 0.902. The number of rotatable bonds is 10. The first-order chi connectivity index (χ1) is 18.7. The van der Waals surface area contributed by atoms with Crippen LogP contribution in [0, 0.1) is 0 Å². The number of aromatic nitrogens is 4. The standard InChI is InChI=1S/C28H38N6O5/c1-28(2,3)39-27(37)32(19-20-38-25-7-5-4-6-8-25)17-18-33-26(36)34(30-29-33)23-11-9-22(10-12-23)21-31-15-13-24(35)14-16-31/h4-12,24,35H,13-21H2,1-3H3. The molecule has 1 fully saturated rings. The molecule has 11 nitrogen and oxygen atoms in total. The molecule has 210 valence electrons. The van der Waals surface area contributed by atoms with Crippen molar-refractivity contribution in [2.24, 2.45) is 0 Å². The Hall–Kier alpha value is -3.70. The molecule has 0 radical (unpaired) electrons. The van der Waals surface area contributed by atoms with Gasteiger partial charge in [-0.15, -0.1) is 0 Å². The third-order valence-electron chi connectivity index (χ3n) is 6.39. The first-order valence-electron chi connectivity index (χ1n) is 13.4. The maximum atomic E-state index is 13.0. The number of tetrazole rings is 1. The lowest BCUT2D eigenvalue weighted by atomic mass is 10.1. The summed E-state index contributed by atoms with van der Waals surface area (Å²) in [4.78, 5) is 29.7. The number of hydrogen-bond donors (Lipinski definition) is 1. The molecule has 0 aliphatic carbocycles. The van der Waals surface area contributed by atoms with Crippen LogP contribution >= 0.6 is 0 Å². The van der Waals surface area contributed by atoms with Crippen molar-refractivity contribution in [1.29, 1.82) is 0 Å². The van der Waals surface area contributed by atoms with Gasteiger partial charge in [-0.2, -0.15) is 9.36 Å². The van der Waals surface area contributed by atoms with Crippen molar-refractivity contribution in [3.05, 3.63) is 70.6 Å². The van der Waals surface area contributed by atoms with Gasteiger partial charge in [-0.05, 0) is 73.9 Å². The third-order valence-corrected chi connectivity index (χ3v) is 6.39. The lowest BCUT2D eigenvalue weighted by Gasteiger charge is -2.29. The summed E-state index contributed by atoms with van der Waals surface area (Å²) >= 11 is 0. The van der Waals surface area contributed by atoms with Gasteiger partial charge in [0.25, 0.3) is 0 Å². The van der Waals surface area contributed by atoms with E-state index in [0.717, 1.165) is 38.0 Å². The number of likely N-dealkylation sites (tertiary alicyclic amines) is 1. The van der Waals surface area contributed by atoms with Crippen molar-refractivity contribution in [3.63, 3.8) is 0 Å². The first kappa shape index (κ1) is 28.3. The zero-order valence-corrected chi connectivity index (χ0v) is 22.9. The predicted octanol–water partition coefficient (Wildman–Crippen LogP) is 2.70. The summed E-state index contributed by atoms with van der Waals surface area (Å²) in [5, 5.41) is 17.8. The maximum Gasteiger partial charge on any atom is 0.410 e. The molecule has 1 amide bonds. The van der Waals surface area contributed by atoms with E-state index < -0.39 is 17.4 Å². The minimum atomic E-state index is -0.656. The molecular weight excluding hydrogens is 500 g/mol. The Balaban J connectivity index is 1.36. The highest BCUT2D eigenvalue weighted by atomic mass is 16.6. The van der Waals surface area contributed by atoms with Gasteiger partial charge in [-0.3, -0.25) is 4.90 Å². The zero-order chi connectivity index (χ0) is 27.8. The highest BCUT2D eigenvalue weighted by Gasteiger charge is 2.23. The summed E-state index contributed by atoms with van der Waals surface area (Å²) in [7, 11) is 0. The Morgan fingerprint density at radius 2 is 1.72 bits per heavy atom. The Labute approximate surface area is 228 Å². The fraction of sp³-hybridized carbons (Fsp3) is 0.500. The van der Waals surface area contributed by atoms with Gasteiger partial charge in [0.2, 0.25) is 0 Å². The van der Waals surface area contributed by atoms with Gasteiger partial charge in [0.1, 0.15) is 18.0 Å². The fourth-order valence-electron chi connectivity index (χ4n) is 4.28. The van der Waals surface area contributed by atoms with E-state index in [4.69, 9.17) is 9.47 Å². The van der Waals surface area contributed by atoms with Crippen LogP contribution in [0.15, 0.2) is 59.4 Å². The second-order valence-electron chi connectivity index (χ2n) is 10.7. The number of nitrogens with zero attached hydrogens (tertiary/aromatic N) is 6. The van der Waals surface area contributed by atoms with E-state index in [0.29, 0.717) is 11.4 Å². The molecule has 1 aliphatic rings. The third kappa shape index (κ3) is 8.39. The van der Waals surface area contributed by atoms with Crippen LogP contribution in [-0.2, 0) is 17.8 Å². The average molecular weight is 539 g/mol. The average Bonchev–Trinajstić information content (AvgIpc) is 3.27. The minimum Gasteiger partial charge on any atom is -0.492 e. The monoisotopic (exact) mass is 538 g/mol. The lowest BCUT2D eigenvalue weighted by Crippen LogP contribution is -2.41. The fourth-order valence-corrected chi connectivity index (χ4v) is 4.28. The summed E-state index contributed by atoms with van der Waals surface area (Å²) in [5.41, 5.74) is 0.694. The molecule has 1 saturated heterocycles. The van der Waals surface area contributed by atoms with Crippen molar-refractivity contribution in [2.75, 3.05) is 32.8 Å². The number of carbonyl (C=O) groups excluding carboxylic acids is 1. The van der Waals surface area contributed by atoms with E-state index >= 15 is 0 Å². The molecule has 2 aromatic carbocycles. The highest BCUT2D eigenvalue weighted by molar-refractivity contribution is 5.68. The molecule has 0 bridgehead atoms. The number of ether oxygens (including phenoxy) is 2. The van der Waals surface area contributed by atoms with Gasteiger partial charge >= 0.3 is 11.8 Å². The smallest absolute Gasteiger partial charge is 0.410 e. The molecular formula is C28H38N6O5. The van der Waals surface area contributed by atoms with Crippen LogP contribution in [0.4, 0.5) is 4.79 Å². The first-order valence-corrected chi connectivity index (χ1v) is 13.4. The zero-order valence-electron chi connectivity index (χ0n) is 22.9. The Morgan fingerprint density at radius 1 is 1.03 bits per heavy atom. The van der Waals surface area contributed by atoms with Gasteiger partial charge < -0.3 is 19.5 Å². The van der Waals surface area contributed by atoms with E-state index in [1.807, 2.05) is 75.4 Å². The van der Waals surface area contributed by atoms with Crippen LogP contribution in [0.25, 0.3) is 5.69 Å². The number of aliphatic hydroxyl groups excluding tert-OH is 1. The Bertz CT molecular complexity index is 1240. The van der Waals surface area contributed by atoms with Crippen molar-refractivity contribution < 1.29 is 19.4 Å². The number of piperidine rings is 1. The minimum absolute atomic E-state index is 0.155. The number of para-hydroxylation sites is 1. The lowest BCUT2D eigenvalue weighted by molar-refractivity contribution is 0.0217. The van der Waals surface area contributed by atoms with Gasteiger partial charge in [-0.25, -0.2) is 9.59 Å². The molecule has 1 aliphatic heterocycles. The highest BCUT2D eigenvalue weighted by Crippen LogP contribution is 2.15. The van der Waals surface area contributed by atoms with Crippen LogP contribution in [0.1, 0.15) is 39.2 Å². The van der Waals surface area contributed by atoms with Crippen molar-refractivity contribution >= 4 is 6.09 Å². The summed E-state index contributed by atoms with van der Waals surface area (Å²) in [6.45, 7) is 8.87. The molecule has 39 heavy (non-hydrogen) atoms. The normalized spacial score (nSPS) is 14.8. The van der Waals surface area contributed by atoms with Gasteiger partial charge in [-0.1, -0.05) is 30.3 Å². The van der Waals surface area contributed by atoms with E-state index in [-0.39, 0.29) is 32.3 Å². The Kier molecular flexibility index (Phi) is 9.36. The number of hydrogen-bond acceptors (Lipinski definition) is 8. The second-order valence-corrected chi connectivity index (χ2v) is 10.7. The van der Waals surface area contributed by atoms with Crippen molar-refractivity contribution in [1.82, 2.24) is 29.6 Å². The van der Waals surface area contributed by atoms with Crippen LogP contribution in [-0.4, -0.2) is 85.3 Å². The summed E-state index contributed by atoms with van der Waals surface area (Å²) < 4.78 is 13.8. The van der Waals surface area contributed by atoms with Crippen LogP contribution in [0.5, 0.6) is 5.75 Å². The summed E-state index contributed by atoms with van der Waals surface area (Å²) in [5.74, 6) is 0.710. The molecule has 0 spiro atoms. The number of aliphatic hydroxyl groups is 1. The molecule has 1 aromatic heterocycles. The quantitative estimate of drug-likeness (QED) is 0.419. The second kappa shape index (κ2) is 12.9. The van der Waals surface area contributed by atoms with Crippen LogP contribution in [0.3, 0.4) is 0 Å². The number of amides is 1. The van der Waals surface area contributed by atoms with E-state index in [1.54, 1.807) is 0 Å². The maximum absolute atomic E-state index is 13.0. The van der Waals surface area contributed by atoms with E-state index in [2.05, 4.69) is 15.3 Å². The molecule has 11 heteroatoms. The molecule has 0 atom stereocenters. The number of carbonyl (C=O) groups is 1. The SMILES string of the molecule is CC(C)(C)OC(=O)N(CCOc1ccccc1)CCn1nnn(-c2ccc(CN3CCC(O)CC3)cc2)c1=O. The van der Waals surface area contributed by atoms with Gasteiger partial charge in [0.05, 0.1) is 24.9 Å². The van der Waals surface area contributed by atoms with Crippen molar-refractivity contribution in [2.45, 2.75) is 58.4 Å². The molecule has 0 unspecified atom stereocenters. The molecule has 4 rings (SSSR count). The Morgan fingerprint density at radius 3 is 2.38 bits per heavy atom. The largest absolute Gasteiger partial charge is 0.492 e. The van der Waals surface area contributed by atoms with Gasteiger partial charge in [0, 0.05) is 26.2 Å².